The van der Waals surface area contributed by atoms with E-state index in [0.717, 1.165) is 6.04 Å². The topological polar surface area (TPSA) is 18.5 Å². The molecule has 2 aliphatic rings. The van der Waals surface area contributed by atoms with Gasteiger partial charge in [-0.05, 0) is 38.1 Å². The molecule has 1 saturated carbocycles. The number of piperazine rings is 1. The van der Waals surface area contributed by atoms with Crippen molar-refractivity contribution in [1.29, 1.82) is 0 Å². The van der Waals surface area contributed by atoms with Crippen LogP contribution in [0.3, 0.4) is 0 Å². The second-order valence-corrected chi connectivity index (χ2v) is 7.04. The summed E-state index contributed by atoms with van der Waals surface area (Å²) >= 11 is 0. The molecule has 1 heterocycles. The first kappa shape index (κ1) is 14.3. The van der Waals surface area contributed by atoms with Gasteiger partial charge in [-0.1, -0.05) is 13.8 Å². The third-order valence-electron chi connectivity index (χ3n) is 4.80. The third-order valence-corrected chi connectivity index (χ3v) is 4.80. The van der Waals surface area contributed by atoms with Crippen LogP contribution >= 0.6 is 0 Å². The normalized spacial score (nSPS) is 27.5. The predicted octanol–water partition coefficient (Wildman–Crippen LogP) is 1.79. The van der Waals surface area contributed by atoms with E-state index in [1.165, 1.54) is 65.0 Å². The number of likely N-dealkylation sites (N-methyl/N-ethyl adjacent to an activating group) is 1. The van der Waals surface area contributed by atoms with Gasteiger partial charge in [0.15, 0.2) is 0 Å². The molecule has 0 bridgehead atoms. The van der Waals surface area contributed by atoms with Crippen LogP contribution in [-0.2, 0) is 0 Å². The smallest absolute Gasteiger partial charge is 0.0110 e. The third kappa shape index (κ3) is 4.52. The highest BCUT2D eigenvalue weighted by atomic mass is 15.2. The van der Waals surface area contributed by atoms with Crippen molar-refractivity contribution in [3.63, 3.8) is 0 Å². The summed E-state index contributed by atoms with van der Waals surface area (Å²) in [6.07, 6.45) is 5.52. The molecule has 0 amide bonds. The Hall–Kier alpha value is -0.120. The van der Waals surface area contributed by atoms with E-state index in [0.29, 0.717) is 5.41 Å². The van der Waals surface area contributed by atoms with Crippen molar-refractivity contribution in [1.82, 2.24) is 15.1 Å². The average Bonchev–Trinajstić information content (AvgIpc) is 2.34. The first-order valence-corrected chi connectivity index (χ1v) is 7.69. The highest BCUT2D eigenvalue weighted by Crippen LogP contribution is 2.34. The summed E-state index contributed by atoms with van der Waals surface area (Å²) in [6, 6.07) is 0.783. The highest BCUT2D eigenvalue weighted by molar-refractivity contribution is 4.82. The molecule has 1 saturated heterocycles. The van der Waals surface area contributed by atoms with Crippen LogP contribution in [0.1, 0.15) is 39.5 Å². The lowest BCUT2D eigenvalue weighted by atomic mass is 9.75. The second-order valence-electron chi connectivity index (χ2n) is 7.04. The van der Waals surface area contributed by atoms with Crippen molar-refractivity contribution >= 4 is 0 Å². The number of hydrogen-bond donors (Lipinski definition) is 1. The lowest BCUT2D eigenvalue weighted by Crippen LogP contribution is -2.47. The molecule has 0 aromatic rings. The number of nitrogens with one attached hydrogen (secondary N) is 1. The molecule has 2 rings (SSSR count). The average molecular weight is 253 g/mol. The van der Waals surface area contributed by atoms with Crippen molar-refractivity contribution in [2.24, 2.45) is 5.41 Å². The lowest BCUT2D eigenvalue weighted by Gasteiger charge is -2.36. The Balaban J connectivity index is 1.56. The van der Waals surface area contributed by atoms with Gasteiger partial charge in [0.1, 0.15) is 0 Å². The van der Waals surface area contributed by atoms with Gasteiger partial charge in [-0.2, -0.15) is 0 Å². The number of nitrogens with zero attached hydrogens (tertiary/aromatic N) is 2. The van der Waals surface area contributed by atoms with E-state index < -0.39 is 0 Å². The van der Waals surface area contributed by atoms with Crippen LogP contribution in [0, 0.1) is 5.41 Å². The van der Waals surface area contributed by atoms with E-state index in [-0.39, 0.29) is 0 Å². The Morgan fingerprint density at radius 3 is 2.28 bits per heavy atom. The van der Waals surface area contributed by atoms with E-state index in [9.17, 15) is 0 Å². The maximum absolute atomic E-state index is 3.76. The standard InChI is InChI=1S/C15H31N3/c1-15(2)6-4-14(5-7-15)16-8-9-18-12-10-17(3)11-13-18/h14,16H,4-13H2,1-3H3. The first-order chi connectivity index (χ1) is 8.55. The van der Waals surface area contributed by atoms with Gasteiger partial charge in [0.2, 0.25) is 0 Å². The summed E-state index contributed by atoms with van der Waals surface area (Å²) in [5.74, 6) is 0. The van der Waals surface area contributed by atoms with Crippen LogP contribution in [-0.4, -0.2) is 62.2 Å². The van der Waals surface area contributed by atoms with Gasteiger partial charge in [-0.25, -0.2) is 0 Å². The Labute approximate surface area is 113 Å². The minimum atomic E-state index is 0.593. The number of rotatable bonds is 4. The van der Waals surface area contributed by atoms with Crippen molar-refractivity contribution < 1.29 is 0 Å². The molecule has 3 heteroatoms. The minimum absolute atomic E-state index is 0.593. The van der Waals surface area contributed by atoms with Gasteiger partial charge in [-0.3, -0.25) is 4.90 Å². The first-order valence-electron chi connectivity index (χ1n) is 7.69. The van der Waals surface area contributed by atoms with Crippen molar-refractivity contribution in [2.75, 3.05) is 46.3 Å². The summed E-state index contributed by atoms with van der Waals surface area (Å²) in [7, 11) is 2.22. The molecular weight excluding hydrogens is 222 g/mol. The Kier molecular flexibility index (Phi) is 5.05. The highest BCUT2D eigenvalue weighted by Gasteiger charge is 2.26. The molecule has 0 radical (unpaired) electrons. The zero-order valence-corrected chi connectivity index (χ0v) is 12.5. The van der Waals surface area contributed by atoms with E-state index in [2.05, 4.69) is 36.0 Å². The zero-order chi connectivity index (χ0) is 13.0. The molecule has 1 aliphatic carbocycles. The molecule has 0 atom stereocenters. The molecular formula is C15H31N3. The molecule has 1 N–H and O–H groups in total. The Morgan fingerprint density at radius 1 is 1.06 bits per heavy atom. The molecule has 0 aromatic carbocycles. The van der Waals surface area contributed by atoms with E-state index in [1.54, 1.807) is 0 Å². The van der Waals surface area contributed by atoms with E-state index in [1.807, 2.05) is 0 Å². The summed E-state index contributed by atoms with van der Waals surface area (Å²) in [5, 5.41) is 3.76. The largest absolute Gasteiger partial charge is 0.313 e. The van der Waals surface area contributed by atoms with Crippen molar-refractivity contribution in [3.8, 4) is 0 Å². The molecule has 2 fully saturated rings. The molecule has 0 unspecified atom stereocenters. The predicted molar refractivity (Wildman–Crippen MR) is 78.0 cm³/mol. The van der Waals surface area contributed by atoms with Gasteiger partial charge in [0.05, 0.1) is 0 Å². The van der Waals surface area contributed by atoms with Gasteiger partial charge in [0.25, 0.3) is 0 Å². The van der Waals surface area contributed by atoms with E-state index in [4.69, 9.17) is 0 Å². The van der Waals surface area contributed by atoms with Crippen molar-refractivity contribution in [2.45, 2.75) is 45.6 Å². The molecule has 1 aliphatic heterocycles. The number of hydrogen-bond acceptors (Lipinski definition) is 3. The summed E-state index contributed by atoms with van der Waals surface area (Å²) in [6.45, 7) is 12.2. The van der Waals surface area contributed by atoms with Crippen LogP contribution < -0.4 is 5.32 Å². The van der Waals surface area contributed by atoms with Crippen LogP contribution in [0.25, 0.3) is 0 Å². The molecule has 106 valence electrons. The van der Waals surface area contributed by atoms with Gasteiger partial charge >= 0.3 is 0 Å². The van der Waals surface area contributed by atoms with Gasteiger partial charge in [-0.15, -0.1) is 0 Å². The quantitative estimate of drug-likeness (QED) is 0.824. The fourth-order valence-electron chi connectivity index (χ4n) is 3.10. The van der Waals surface area contributed by atoms with Gasteiger partial charge < -0.3 is 10.2 Å². The Morgan fingerprint density at radius 2 is 1.67 bits per heavy atom. The van der Waals surface area contributed by atoms with Crippen molar-refractivity contribution in [3.05, 3.63) is 0 Å². The van der Waals surface area contributed by atoms with Gasteiger partial charge in [0, 0.05) is 45.3 Å². The SMILES string of the molecule is CN1CCN(CCNC2CCC(C)(C)CC2)CC1. The minimum Gasteiger partial charge on any atom is -0.313 e. The molecule has 3 nitrogen and oxygen atoms in total. The lowest BCUT2D eigenvalue weighted by molar-refractivity contribution is 0.149. The van der Waals surface area contributed by atoms with Crippen LogP contribution in [0.4, 0.5) is 0 Å². The molecule has 18 heavy (non-hydrogen) atoms. The fraction of sp³-hybridized carbons (Fsp3) is 1.00. The van der Waals surface area contributed by atoms with Crippen LogP contribution in [0.2, 0.25) is 0 Å². The summed E-state index contributed by atoms with van der Waals surface area (Å²) < 4.78 is 0. The Bertz CT molecular complexity index is 234. The second kappa shape index (κ2) is 6.36. The maximum Gasteiger partial charge on any atom is 0.0110 e. The summed E-state index contributed by atoms with van der Waals surface area (Å²) in [5.41, 5.74) is 0.593. The monoisotopic (exact) mass is 253 g/mol. The van der Waals surface area contributed by atoms with Crippen LogP contribution in [0.15, 0.2) is 0 Å². The van der Waals surface area contributed by atoms with E-state index >= 15 is 0 Å². The fourth-order valence-corrected chi connectivity index (χ4v) is 3.10. The molecule has 0 aromatic heterocycles. The zero-order valence-electron chi connectivity index (χ0n) is 12.5. The molecule has 0 spiro atoms. The maximum atomic E-state index is 3.76. The van der Waals surface area contributed by atoms with Crippen LogP contribution in [0.5, 0.6) is 0 Å². The summed E-state index contributed by atoms with van der Waals surface area (Å²) in [4.78, 5) is 5.02.